The molecular weight excluding hydrogens is 512 g/mol. The maximum Gasteiger partial charge on any atom is 0.269 e. The molecule has 12 heteroatoms. The highest BCUT2D eigenvalue weighted by Crippen LogP contribution is 2.24. The number of nitro groups is 1. The van der Waals surface area contributed by atoms with E-state index in [0.29, 0.717) is 29.4 Å². The number of rotatable bonds is 12. The van der Waals surface area contributed by atoms with Gasteiger partial charge in [0.2, 0.25) is 10.0 Å². The van der Waals surface area contributed by atoms with Gasteiger partial charge in [0, 0.05) is 12.1 Å². The Morgan fingerprint density at radius 3 is 2.16 bits per heavy atom. The Kier molecular flexibility index (Phi) is 9.39. The lowest BCUT2D eigenvalue weighted by Crippen LogP contribution is -2.46. The molecule has 0 spiro atoms. The minimum Gasteiger partial charge on any atom is -0.494 e. The molecule has 0 fully saturated rings. The number of nitrogens with one attached hydrogen (secondary N) is 1. The monoisotopic (exact) mass is 540 g/mol. The average molecular weight is 541 g/mol. The number of amides is 1. The molecule has 1 amide bonds. The summed E-state index contributed by atoms with van der Waals surface area (Å²) >= 11 is 0. The SMILES string of the molecule is CCOc1ccc(N([C@@H](C)C(=O)N/N=C\c2ccc(OCc3ccc([N+](=O)[O-])cc3)cc2)S(C)(=O)=O)cc1. The third-order valence-corrected chi connectivity index (χ3v) is 6.55. The standard InChI is InChI=1S/C26H28N4O7S/c1-4-36-24-15-11-22(12-16-24)29(38(3,34)35)19(2)26(31)28-27-17-20-7-13-25(14-8-20)37-18-21-5-9-23(10-6-21)30(32)33/h5-17,19H,4,18H2,1-3H3,(H,28,31)/b27-17-/t19-/m0/s1. The number of hydrazone groups is 1. The van der Waals surface area contributed by atoms with Gasteiger partial charge < -0.3 is 9.47 Å². The summed E-state index contributed by atoms with van der Waals surface area (Å²) in [5.41, 5.74) is 4.18. The molecule has 0 aliphatic heterocycles. The lowest BCUT2D eigenvalue weighted by Gasteiger charge is -2.27. The molecule has 3 rings (SSSR count). The summed E-state index contributed by atoms with van der Waals surface area (Å²) in [5, 5.41) is 14.7. The van der Waals surface area contributed by atoms with Crippen LogP contribution in [0.2, 0.25) is 0 Å². The van der Waals surface area contributed by atoms with Crippen molar-refractivity contribution in [2.45, 2.75) is 26.5 Å². The average Bonchev–Trinajstić information content (AvgIpc) is 2.89. The largest absolute Gasteiger partial charge is 0.494 e. The topological polar surface area (TPSA) is 140 Å². The Hall–Kier alpha value is -4.45. The van der Waals surface area contributed by atoms with Gasteiger partial charge >= 0.3 is 0 Å². The smallest absolute Gasteiger partial charge is 0.269 e. The Balaban J connectivity index is 1.57. The second-order valence-electron chi connectivity index (χ2n) is 8.18. The lowest BCUT2D eigenvalue weighted by atomic mass is 10.2. The van der Waals surface area contributed by atoms with E-state index in [1.165, 1.54) is 25.3 Å². The molecule has 3 aromatic carbocycles. The number of hydrogen-bond acceptors (Lipinski definition) is 8. The van der Waals surface area contributed by atoms with Crippen LogP contribution in [0.3, 0.4) is 0 Å². The van der Waals surface area contributed by atoms with Crippen LogP contribution in [-0.4, -0.2) is 44.4 Å². The molecule has 0 aliphatic rings. The van der Waals surface area contributed by atoms with Crippen LogP contribution >= 0.6 is 0 Å². The molecule has 0 saturated carbocycles. The molecule has 0 aromatic heterocycles. The molecule has 3 aromatic rings. The van der Waals surface area contributed by atoms with Gasteiger partial charge in [-0.1, -0.05) is 0 Å². The summed E-state index contributed by atoms with van der Waals surface area (Å²) in [4.78, 5) is 23.0. The van der Waals surface area contributed by atoms with E-state index in [0.717, 1.165) is 16.1 Å². The van der Waals surface area contributed by atoms with Crippen molar-refractivity contribution in [2.24, 2.45) is 5.10 Å². The fraction of sp³-hybridized carbons (Fsp3) is 0.231. The minimum absolute atomic E-state index is 0.0130. The van der Waals surface area contributed by atoms with Gasteiger partial charge in [-0.05, 0) is 85.6 Å². The van der Waals surface area contributed by atoms with Gasteiger partial charge in [0.25, 0.3) is 11.6 Å². The van der Waals surface area contributed by atoms with Crippen molar-refractivity contribution in [3.8, 4) is 11.5 Å². The molecule has 0 heterocycles. The number of non-ortho nitro benzene ring substituents is 1. The predicted molar refractivity (Wildman–Crippen MR) is 144 cm³/mol. The lowest BCUT2D eigenvalue weighted by molar-refractivity contribution is -0.384. The highest BCUT2D eigenvalue weighted by molar-refractivity contribution is 7.92. The number of anilines is 1. The Labute approximate surface area is 220 Å². The molecule has 0 radical (unpaired) electrons. The molecule has 0 saturated heterocycles. The summed E-state index contributed by atoms with van der Waals surface area (Å²) in [6, 6.07) is 18.3. The number of nitro benzene ring substituents is 1. The van der Waals surface area contributed by atoms with Crippen molar-refractivity contribution in [1.82, 2.24) is 5.43 Å². The zero-order chi connectivity index (χ0) is 27.7. The fourth-order valence-corrected chi connectivity index (χ4v) is 4.63. The number of benzene rings is 3. The van der Waals surface area contributed by atoms with Crippen molar-refractivity contribution in [3.05, 3.63) is 94.0 Å². The second kappa shape index (κ2) is 12.7. The van der Waals surface area contributed by atoms with E-state index in [9.17, 15) is 23.3 Å². The number of ether oxygens (including phenoxy) is 2. The summed E-state index contributed by atoms with van der Waals surface area (Å²) < 4.78 is 37.0. The van der Waals surface area contributed by atoms with Gasteiger partial charge in [-0.15, -0.1) is 0 Å². The van der Waals surface area contributed by atoms with Crippen LogP contribution in [0.5, 0.6) is 11.5 Å². The highest BCUT2D eigenvalue weighted by atomic mass is 32.2. The third-order valence-electron chi connectivity index (χ3n) is 5.31. The van der Waals surface area contributed by atoms with E-state index >= 15 is 0 Å². The van der Waals surface area contributed by atoms with Gasteiger partial charge in [0.05, 0.1) is 29.7 Å². The van der Waals surface area contributed by atoms with Crippen LogP contribution in [0.25, 0.3) is 0 Å². The van der Waals surface area contributed by atoms with Gasteiger partial charge in [-0.25, -0.2) is 13.8 Å². The Morgan fingerprint density at radius 2 is 1.61 bits per heavy atom. The zero-order valence-electron chi connectivity index (χ0n) is 21.1. The molecule has 1 atom stereocenters. The molecular formula is C26H28N4O7S. The first-order chi connectivity index (χ1) is 18.1. The van der Waals surface area contributed by atoms with Crippen LogP contribution in [-0.2, 0) is 21.4 Å². The van der Waals surface area contributed by atoms with Crippen LogP contribution in [0.1, 0.15) is 25.0 Å². The van der Waals surface area contributed by atoms with Crippen molar-refractivity contribution in [1.29, 1.82) is 0 Å². The summed E-state index contributed by atoms with van der Waals surface area (Å²) in [5.74, 6) is 0.565. The van der Waals surface area contributed by atoms with E-state index in [-0.39, 0.29) is 12.3 Å². The van der Waals surface area contributed by atoms with Crippen LogP contribution in [0.4, 0.5) is 11.4 Å². The van der Waals surface area contributed by atoms with Crippen LogP contribution in [0, 0.1) is 10.1 Å². The van der Waals surface area contributed by atoms with Gasteiger partial charge in [-0.3, -0.25) is 19.2 Å². The fourth-order valence-electron chi connectivity index (χ4n) is 3.46. The maximum atomic E-state index is 12.7. The van der Waals surface area contributed by atoms with E-state index in [1.807, 2.05) is 6.92 Å². The quantitative estimate of drug-likeness (QED) is 0.209. The first-order valence-electron chi connectivity index (χ1n) is 11.6. The summed E-state index contributed by atoms with van der Waals surface area (Å²) in [7, 11) is -3.76. The third kappa shape index (κ3) is 7.77. The predicted octanol–water partition coefficient (Wildman–Crippen LogP) is 3.88. The molecule has 200 valence electrons. The zero-order valence-corrected chi connectivity index (χ0v) is 21.9. The van der Waals surface area contributed by atoms with E-state index in [4.69, 9.17) is 9.47 Å². The highest BCUT2D eigenvalue weighted by Gasteiger charge is 2.29. The first-order valence-corrected chi connectivity index (χ1v) is 13.4. The van der Waals surface area contributed by atoms with E-state index in [1.54, 1.807) is 60.7 Å². The Bertz CT molecular complexity index is 1370. The summed E-state index contributed by atoms with van der Waals surface area (Å²) in [6.45, 7) is 4.03. The molecule has 11 nitrogen and oxygen atoms in total. The summed E-state index contributed by atoms with van der Waals surface area (Å²) in [6.07, 6.45) is 2.45. The van der Waals surface area contributed by atoms with E-state index < -0.39 is 26.9 Å². The van der Waals surface area contributed by atoms with Crippen molar-refractivity contribution in [3.63, 3.8) is 0 Å². The van der Waals surface area contributed by atoms with Crippen molar-refractivity contribution >= 4 is 33.5 Å². The number of nitrogens with zero attached hydrogens (tertiary/aromatic N) is 3. The number of sulfonamides is 1. The molecule has 38 heavy (non-hydrogen) atoms. The van der Waals surface area contributed by atoms with E-state index in [2.05, 4.69) is 10.5 Å². The van der Waals surface area contributed by atoms with Crippen LogP contribution in [0.15, 0.2) is 77.9 Å². The maximum absolute atomic E-state index is 12.7. The molecule has 1 N–H and O–H groups in total. The van der Waals surface area contributed by atoms with Crippen molar-refractivity contribution in [2.75, 3.05) is 17.2 Å². The normalized spacial score (nSPS) is 12.1. The first kappa shape index (κ1) is 28.1. The number of carbonyl (C=O) groups is 1. The Morgan fingerprint density at radius 1 is 1.03 bits per heavy atom. The second-order valence-corrected chi connectivity index (χ2v) is 10.0. The number of carbonyl (C=O) groups excluding carboxylic acids is 1. The van der Waals surface area contributed by atoms with Gasteiger partial charge in [0.15, 0.2) is 0 Å². The van der Waals surface area contributed by atoms with Crippen molar-refractivity contribution < 1.29 is 27.6 Å². The molecule has 0 unspecified atom stereocenters. The van der Waals surface area contributed by atoms with Gasteiger partial charge in [0.1, 0.15) is 24.1 Å². The number of hydrogen-bond donors (Lipinski definition) is 1. The molecule has 0 aliphatic carbocycles. The molecule has 0 bridgehead atoms. The van der Waals surface area contributed by atoms with Crippen LogP contribution < -0.4 is 19.2 Å². The van der Waals surface area contributed by atoms with Gasteiger partial charge in [-0.2, -0.15) is 5.10 Å². The minimum atomic E-state index is -3.76.